The lowest BCUT2D eigenvalue weighted by Gasteiger charge is -2.32. The van der Waals surface area contributed by atoms with Gasteiger partial charge in [0.25, 0.3) is 0 Å². The van der Waals surface area contributed by atoms with Gasteiger partial charge in [-0.15, -0.1) is 0 Å². The van der Waals surface area contributed by atoms with Crippen molar-refractivity contribution in [2.24, 2.45) is 17.6 Å². The third-order valence-corrected chi connectivity index (χ3v) is 5.09. The fraction of sp³-hybridized carbons (Fsp3) is 0.625. The maximum atomic E-state index is 6.49. The number of ether oxygens (including phenoxy) is 1. The second kappa shape index (κ2) is 6.76. The minimum atomic E-state index is 0.150. The fourth-order valence-electron chi connectivity index (χ4n) is 3.19. The van der Waals surface area contributed by atoms with Crippen LogP contribution in [0.1, 0.15) is 50.6 Å². The normalized spacial score (nSPS) is 25.1. The number of halogens is 1. The van der Waals surface area contributed by atoms with Gasteiger partial charge in [0.05, 0.1) is 11.6 Å². The lowest BCUT2D eigenvalue weighted by Crippen LogP contribution is -2.26. The summed E-state index contributed by atoms with van der Waals surface area (Å²) in [5.41, 5.74) is 7.70. The van der Waals surface area contributed by atoms with E-state index in [4.69, 9.17) is 10.5 Å². The van der Waals surface area contributed by atoms with E-state index in [0.29, 0.717) is 5.92 Å². The van der Waals surface area contributed by atoms with Crippen molar-refractivity contribution in [3.05, 3.63) is 28.2 Å². The molecule has 1 fully saturated rings. The van der Waals surface area contributed by atoms with E-state index < -0.39 is 0 Å². The van der Waals surface area contributed by atoms with E-state index in [1.54, 1.807) is 7.11 Å². The van der Waals surface area contributed by atoms with Crippen LogP contribution in [0.15, 0.2) is 22.7 Å². The molecule has 1 aromatic carbocycles. The maximum Gasteiger partial charge on any atom is 0.133 e. The van der Waals surface area contributed by atoms with Crippen LogP contribution in [0.5, 0.6) is 5.75 Å². The summed E-state index contributed by atoms with van der Waals surface area (Å²) in [5, 5.41) is 0. The van der Waals surface area contributed by atoms with Crippen molar-refractivity contribution >= 4 is 15.9 Å². The van der Waals surface area contributed by atoms with E-state index in [9.17, 15) is 0 Å². The van der Waals surface area contributed by atoms with Gasteiger partial charge in [0, 0.05) is 6.04 Å². The quantitative estimate of drug-likeness (QED) is 0.872. The van der Waals surface area contributed by atoms with E-state index in [1.165, 1.54) is 37.7 Å². The summed E-state index contributed by atoms with van der Waals surface area (Å²) in [4.78, 5) is 0. The van der Waals surface area contributed by atoms with Crippen molar-refractivity contribution in [1.29, 1.82) is 0 Å². The topological polar surface area (TPSA) is 35.2 Å². The molecule has 19 heavy (non-hydrogen) atoms. The van der Waals surface area contributed by atoms with Crippen LogP contribution in [0.3, 0.4) is 0 Å². The standard InChI is InChI=1S/C16H24BrNO/c1-3-11-5-4-6-12(9-11)16(18)13-7-8-15(19-2)14(17)10-13/h7-8,10-12,16H,3-6,9,18H2,1-2H3. The van der Waals surface area contributed by atoms with E-state index in [0.717, 1.165) is 16.1 Å². The van der Waals surface area contributed by atoms with Crippen LogP contribution in [0.25, 0.3) is 0 Å². The third-order valence-electron chi connectivity index (χ3n) is 4.47. The predicted molar refractivity (Wildman–Crippen MR) is 83.4 cm³/mol. The number of rotatable bonds is 4. The molecular formula is C16H24BrNO. The molecule has 0 heterocycles. The van der Waals surface area contributed by atoms with Crippen LogP contribution in [-0.2, 0) is 0 Å². The number of benzene rings is 1. The molecule has 0 aliphatic heterocycles. The van der Waals surface area contributed by atoms with Crippen LogP contribution in [-0.4, -0.2) is 7.11 Å². The Morgan fingerprint density at radius 1 is 1.42 bits per heavy atom. The molecule has 0 radical (unpaired) electrons. The first-order valence-electron chi connectivity index (χ1n) is 7.24. The Labute approximate surface area is 124 Å². The molecule has 1 aliphatic carbocycles. The highest BCUT2D eigenvalue weighted by Crippen LogP contribution is 2.38. The second-order valence-electron chi connectivity index (χ2n) is 5.62. The SMILES string of the molecule is CCC1CCCC(C(N)c2ccc(OC)c(Br)c2)C1. The van der Waals surface area contributed by atoms with Crippen LogP contribution in [0, 0.1) is 11.8 Å². The van der Waals surface area contributed by atoms with E-state index >= 15 is 0 Å². The number of hydrogen-bond acceptors (Lipinski definition) is 2. The molecule has 0 spiro atoms. The lowest BCUT2D eigenvalue weighted by atomic mass is 9.75. The molecule has 1 aliphatic rings. The van der Waals surface area contributed by atoms with Crippen LogP contribution >= 0.6 is 15.9 Å². The smallest absolute Gasteiger partial charge is 0.133 e. The molecule has 3 unspecified atom stereocenters. The summed E-state index contributed by atoms with van der Waals surface area (Å²) in [6, 6.07) is 6.36. The van der Waals surface area contributed by atoms with E-state index in [-0.39, 0.29) is 6.04 Å². The molecular weight excluding hydrogens is 302 g/mol. The van der Waals surface area contributed by atoms with Gasteiger partial charge >= 0.3 is 0 Å². The van der Waals surface area contributed by atoms with Gasteiger partial charge in [-0.1, -0.05) is 32.3 Å². The Kier molecular flexibility index (Phi) is 5.28. The highest BCUT2D eigenvalue weighted by Gasteiger charge is 2.26. The van der Waals surface area contributed by atoms with Crippen molar-refractivity contribution < 1.29 is 4.74 Å². The molecule has 2 nitrogen and oxygen atoms in total. The minimum absolute atomic E-state index is 0.150. The highest BCUT2D eigenvalue weighted by atomic mass is 79.9. The van der Waals surface area contributed by atoms with Gasteiger partial charge in [0.1, 0.15) is 5.75 Å². The van der Waals surface area contributed by atoms with Gasteiger partial charge in [-0.3, -0.25) is 0 Å². The molecule has 0 amide bonds. The third kappa shape index (κ3) is 3.51. The molecule has 1 aromatic rings. The zero-order chi connectivity index (χ0) is 13.8. The van der Waals surface area contributed by atoms with E-state index in [1.807, 2.05) is 6.07 Å². The average molecular weight is 326 g/mol. The minimum Gasteiger partial charge on any atom is -0.496 e. The van der Waals surface area contributed by atoms with Gasteiger partial charge in [0.2, 0.25) is 0 Å². The van der Waals surface area contributed by atoms with E-state index in [2.05, 4.69) is 35.0 Å². The van der Waals surface area contributed by atoms with Crippen molar-refractivity contribution in [2.75, 3.05) is 7.11 Å². The summed E-state index contributed by atoms with van der Waals surface area (Å²) in [5.74, 6) is 2.36. The number of hydrogen-bond donors (Lipinski definition) is 1. The number of methoxy groups -OCH3 is 1. The molecule has 0 aromatic heterocycles. The summed E-state index contributed by atoms with van der Waals surface area (Å²) in [6.07, 6.45) is 6.54. The zero-order valence-corrected chi connectivity index (χ0v) is 13.4. The Morgan fingerprint density at radius 2 is 2.21 bits per heavy atom. The summed E-state index contributed by atoms with van der Waals surface area (Å²) in [6.45, 7) is 2.29. The molecule has 3 atom stereocenters. The molecule has 1 saturated carbocycles. The summed E-state index contributed by atoms with van der Waals surface area (Å²) in [7, 11) is 1.69. The van der Waals surface area contributed by atoms with Gasteiger partial charge < -0.3 is 10.5 Å². The highest BCUT2D eigenvalue weighted by molar-refractivity contribution is 9.10. The lowest BCUT2D eigenvalue weighted by molar-refractivity contribution is 0.230. The monoisotopic (exact) mass is 325 g/mol. The Bertz CT molecular complexity index is 421. The average Bonchev–Trinajstić information content (AvgIpc) is 2.46. The van der Waals surface area contributed by atoms with Crippen LogP contribution < -0.4 is 10.5 Å². The predicted octanol–water partition coefficient (Wildman–Crippen LogP) is 4.67. The largest absolute Gasteiger partial charge is 0.496 e. The van der Waals surface area contributed by atoms with Crippen molar-refractivity contribution in [3.8, 4) is 5.75 Å². The Balaban J connectivity index is 2.10. The maximum absolute atomic E-state index is 6.49. The molecule has 3 heteroatoms. The molecule has 0 bridgehead atoms. The molecule has 2 rings (SSSR count). The van der Waals surface area contributed by atoms with Crippen LogP contribution in [0.4, 0.5) is 0 Å². The van der Waals surface area contributed by atoms with Gasteiger partial charge in [0.15, 0.2) is 0 Å². The van der Waals surface area contributed by atoms with Crippen molar-refractivity contribution in [2.45, 2.75) is 45.1 Å². The molecule has 2 N–H and O–H groups in total. The van der Waals surface area contributed by atoms with Crippen molar-refractivity contribution in [1.82, 2.24) is 0 Å². The van der Waals surface area contributed by atoms with Gasteiger partial charge in [-0.05, 0) is 58.3 Å². The number of nitrogens with two attached hydrogens (primary N) is 1. The Morgan fingerprint density at radius 3 is 2.84 bits per heavy atom. The molecule has 106 valence electrons. The zero-order valence-electron chi connectivity index (χ0n) is 11.9. The van der Waals surface area contributed by atoms with Gasteiger partial charge in [-0.25, -0.2) is 0 Å². The first-order valence-corrected chi connectivity index (χ1v) is 8.04. The van der Waals surface area contributed by atoms with Crippen LogP contribution in [0.2, 0.25) is 0 Å². The fourth-order valence-corrected chi connectivity index (χ4v) is 3.75. The molecule has 0 saturated heterocycles. The summed E-state index contributed by atoms with van der Waals surface area (Å²) < 4.78 is 6.26. The van der Waals surface area contributed by atoms with Gasteiger partial charge in [-0.2, -0.15) is 0 Å². The second-order valence-corrected chi connectivity index (χ2v) is 6.48. The Hall–Kier alpha value is -0.540. The van der Waals surface area contributed by atoms with Crippen molar-refractivity contribution in [3.63, 3.8) is 0 Å². The first-order chi connectivity index (χ1) is 9.15. The first kappa shape index (κ1) is 14.9. The summed E-state index contributed by atoms with van der Waals surface area (Å²) >= 11 is 3.54.